The number of hydrogen-bond acceptors (Lipinski definition) is 0. The molecule has 0 atom stereocenters. The predicted molar refractivity (Wildman–Crippen MR) is 63.7 cm³/mol. The van der Waals surface area contributed by atoms with Crippen LogP contribution in [0.5, 0.6) is 0 Å². The lowest BCUT2D eigenvalue weighted by Crippen LogP contribution is -1.74. The molecule has 3 rings (SSSR count). The van der Waals surface area contributed by atoms with Crippen LogP contribution in [0.4, 0.5) is 0 Å². The van der Waals surface area contributed by atoms with Crippen molar-refractivity contribution in [1.29, 1.82) is 0 Å². The van der Waals surface area contributed by atoms with Crippen LogP contribution in [0.3, 0.4) is 0 Å². The van der Waals surface area contributed by atoms with E-state index in [-0.39, 0.29) is 0 Å². The van der Waals surface area contributed by atoms with Crippen LogP contribution in [-0.4, -0.2) is 4.98 Å². The predicted octanol–water partition coefficient (Wildman–Crippen LogP) is 3.83. The molecule has 3 aromatic rings. The Hall–Kier alpha value is -2.02. The molecule has 0 bridgehead atoms. The van der Waals surface area contributed by atoms with Crippen molar-refractivity contribution in [2.24, 2.45) is 0 Å². The second-order valence-corrected chi connectivity index (χ2v) is 3.54. The van der Waals surface area contributed by atoms with E-state index < -0.39 is 0 Å². The van der Waals surface area contributed by atoms with Crippen LogP contribution in [-0.2, 0) is 0 Å². The van der Waals surface area contributed by atoms with Crippen LogP contribution in [0.1, 0.15) is 1.37 Å². The summed E-state index contributed by atoms with van der Waals surface area (Å²) >= 11 is 0. The third-order valence-corrected chi connectivity index (χ3v) is 2.51. The van der Waals surface area contributed by atoms with Gasteiger partial charge in [0.2, 0.25) is 0 Å². The van der Waals surface area contributed by atoms with Gasteiger partial charge < -0.3 is 4.98 Å². The first-order chi connectivity index (χ1) is 7.86. The first-order valence-corrected chi connectivity index (χ1v) is 4.99. The molecule has 0 radical (unpaired) electrons. The van der Waals surface area contributed by atoms with Gasteiger partial charge in [-0.05, 0) is 17.7 Å². The zero-order chi connectivity index (χ0) is 11.0. The summed E-state index contributed by atoms with van der Waals surface area (Å²) in [5.41, 5.74) is 2.97. The van der Waals surface area contributed by atoms with Gasteiger partial charge in [-0.3, -0.25) is 0 Å². The molecule has 2 aromatic carbocycles. The third-order valence-electron chi connectivity index (χ3n) is 2.51. The van der Waals surface area contributed by atoms with Gasteiger partial charge in [-0.2, -0.15) is 0 Å². The molecule has 0 amide bonds. The number of para-hydroxylation sites is 1. The van der Waals surface area contributed by atoms with Crippen LogP contribution < -0.4 is 0 Å². The highest BCUT2D eigenvalue weighted by atomic mass is 14.7. The zero-order valence-electron chi connectivity index (χ0n) is 9.20. The average Bonchev–Trinajstić information content (AvgIpc) is 2.69. The van der Waals surface area contributed by atoms with Gasteiger partial charge in [0.1, 0.15) is 0 Å². The zero-order valence-corrected chi connectivity index (χ0v) is 8.20. The summed E-state index contributed by atoms with van der Waals surface area (Å²) < 4.78 is 8.13. The number of benzene rings is 2. The Morgan fingerprint density at radius 1 is 0.867 bits per heavy atom. The molecule has 0 fully saturated rings. The van der Waals surface area contributed by atoms with Crippen LogP contribution in [0.2, 0.25) is 0 Å². The van der Waals surface area contributed by atoms with Crippen molar-refractivity contribution in [3.05, 3.63) is 60.6 Å². The Kier molecular flexibility index (Phi) is 1.60. The quantitative estimate of drug-likeness (QED) is 0.606. The van der Waals surface area contributed by atoms with Gasteiger partial charge in [-0.1, -0.05) is 48.5 Å². The number of nitrogens with one attached hydrogen (secondary N) is 1. The van der Waals surface area contributed by atoms with E-state index in [1.54, 1.807) is 0 Å². The average molecular weight is 194 g/mol. The Morgan fingerprint density at radius 3 is 2.40 bits per heavy atom. The van der Waals surface area contributed by atoms with Crippen molar-refractivity contribution in [2.75, 3.05) is 0 Å². The number of fused-ring (bicyclic) bond motifs is 1. The van der Waals surface area contributed by atoms with Gasteiger partial charge in [-0.15, -0.1) is 0 Å². The fraction of sp³-hybridized carbons (Fsp3) is 0. The topological polar surface area (TPSA) is 15.8 Å². The second-order valence-electron chi connectivity index (χ2n) is 3.54. The van der Waals surface area contributed by atoms with Crippen LogP contribution in [0.15, 0.2) is 60.6 Å². The SMILES string of the molecule is [2H]c1c(-c2ccccc2)[nH]c2ccccc12. The van der Waals surface area contributed by atoms with Gasteiger partial charge in [0.05, 0.1) is 1.37 Å². The highest BCUT2D eigenvalue weighted by molar-refractivity contribution is 5.85. The monoisotopic (exact) mass is 194 g/mol. The number of H-pyrrole nitrogens is 1. The number of rotatable bonds is 1. The summed E-state index contributed by atoms with van der Waals surface area (Å²) in [5, 5.41) is 0.973. The maximum Gasteiger partial charge on any atom is 0.0652 e. The highest BCUT2D eigenvalue weighted by Crippen LogP contribution is 2.23. The summed E-state index contributed by atoms with van der Waals surface area (Å²) in [5.74, 6) is 0. The molecule has 1 aromatic heterocycles. The maximum absolute atomic E-state index is 8.13. The smallest absolute Gasteiger partial charge is 0.0652 e. The summed E-state index contributed by atoms with van der Waals surface area (Å²) in [6.07, 6.45) is 0. The Morgan fingerprint density at radius 2 is 1.60 bits per heavy atom. The van der Waals surface area contributed by atoms with E-state index in [1.165, 1.54) is 0 Å². The van der Waals surface area contributed by atoms with Crippen molar-refractivity contribution in [1.82, 2.24) is 4.98 Å². The first-order valence-electron chi connectivity index (χ1n) is 5.49. The minimum Gasteiger partial charge on any atom is -0.355 e. The van der Waals surface area contributed by atoms with Gasteiger partial charge in [0.15, 0.2) is 0 Å². The van der Waals surface area contributed by atoms with E-state index in [2.05, 4.69) is 4.98 Å². The standard InChI is InChI=1S/C14H11N/c1-2-6-11(7-3-1)14-10-12-8-4-5-9-13(12)15-14/h1-10,15H/i10D. The Balaban J connectivity index is 2.29. The lowest BCUT2D eigenvalue weighted by atomic mass is 10.1. The normalized spacial score (nSPS) is 11.6. The largest absolute Gasteiger partial charge is 0.355 e. The molecule has 15 heavy (non-hydrogen) atoms. The molecule has 1 heteroatoms. The minimum absolute atomic E-state index is 0.571. The molecule has 1 heterocycles. The number of hydrogen-bond donors (Lipinski definition) is 1. The second kappa shape index (κ2) is 3.28. The maximum atomic E-state index is 8.13. The van der Waals surface area contributed by atoms with Gasteiger partial charge >= 0.3 is 0 Å². The molecule has 0 unspecified atom stereocenters. The van der Waals surface area contributed by atoms with Crippen molar-refractivity contribution in [3.63, 3.8) is 0 Å². The van der Waals surface area contributed by atoms with Crippen molar-refractivity contribution in [3.8, 4) is 11.3 Å². The third kappa shape index (κ3) is 1.42. The number of aromatic amines is 1. The van der Waals surface area contributed by atoms with Crippen LogP contribution in [0.25, 0.3) is 22.2 Å². The molecule has 0 aliphatic carbocycles. The summed E-state index contributed by atoms with van der Waals surface area (Å²) in [7, 11) is 0. The molecule has 0 saturated heterocycles. The van der Waals surface area contributed by atoms with E-state index in [1.807, 2.05) is 54.6 Å². The lowest BCUT2D eigenvalue weighted by Gasteiger charge is -1.94. The summed E-state index contributed by atoms with van der Waals surface area (Å²) in [4.78, 5) is 3.29. The molecule has 72 valence electrons. The number of aromatic nitrogens is 1. The first kappa shape index (κ1) is 7.30. The molecular weight excluding hydrogens is 182 g/mol. The lowest BCUT2D eigenvalue weighted by molar-refractivity contribution is 1.45. The summed E-state index contributed by atoms with van der Waals surface area (Å²) in [6.45, 7) is 0. The summed E-state index contributed by atoms with van der Waals surface area (Å²) in [6, 6.07) is 18.5. The van der Waals surface area contributed by atoms with Crippen LogP contribution >= 0.6 is 0 Å². The van der Waals surface area contributed by atoms with Crippen molar-refractivity contribution >= 4 is 10.9 Å². The Labute approximate surface area is 89.8 Å². The van der Waals surface area contributed by atoms with Gasteiger partial charge in [0, 0.05) is 16.6 Å². The molecule has 0 aliphatic heterocycles. The van der Waals surface area contributed by atoms with Crippen LogP contribution in [0, 0.1) is 0 Å². The van der Waals surface area contributed by atoms with Gasteiger partial charge in [0.25, 0.3) is 0 Å². The van der Waals surface area contributed by atoms with Crippen molar-refractivity contribution in [2.45, 2.75) is 0 Å². The highest BCUT2D eigenvalue weighted by Gasteiger charge is 2.00. The molecule has 0 saturated carbocycles. The minimum atomic E-state index is 0.571. The van der Waals surface area contributed by atoms with E-state index >= 15 is 0 Å². The molecule has 1 N–H and O–H groups in total. The van der Waals surface area contributed by atoms with E-state index in [4.69, 9.17) is 1.37 Å². The van der Waals surface area contributed by atoms with E-state index in [0.717, 1.165) is 22.2 Å². The Bertz CT molecular complexity index is 626. The van der Waals surface area contributed by atoms with Gasteiger partial charge in [-0.25, -0.2) is 0 Å². The molecular formula is C14H11N. The van der Waals surface area contributed by atoms with E-state index in [9.17, 15) is 0 Å². The molecule has 0 spiro atoms. The molecule has 0 aliphatic rings. The fourth-order valence-electron chi connectivity index (χ4n) is 1.75. The van der Waals surface area contributed by atoms with E-state index in [0.29, 0.717) is 6.04 Å². The fourth-order valence-corrected chi connectivity index (χ4v) is 1.75. The van der Waals surface area contributed by atoms with Crippen molar-refractivity contribution < 1.29 is 1.37 Å². The molecule has 1 nitrogen and oxygen atoms in total.